The molecule has 0 aromatic heterocycles. The second kappa shape index (κ2) is 7.98. The zero-order valence-corrected chi connectivity index (χ0v) is 16.0. The van der Waals surface area contributed by atoms with E-state index in [2.05, 4.69) is 10.9 Å². The van der Waals surface area contributed by atoms with Crippen LogP contribution in [0.5, 0.6) is 0 Å². The standard InChI is InChI=1S/C19H17Cl2N3O3/c1-11-2-5-14(6-3-11)24-10-13(9-17(24)25)19(27)23-22-18(26)12-4-7-15(20)16(21)8-12/h2-8,13H,9-10H2,1H3,(H,22,26)(H,23,27)/t13-/m1/s1. The molecule has 140 valence electrons. The molecule has 8 heteroatoms. The molecule has 2 aromatic carbocycles. The second-order valence-corrected chi connectivity index (χ2v) is 7.13. The van der Waals surface area contributed by atoms with Crippen molar-refractivity contribution < 1.29 is 14.4 Å². The molecule has 1 saturated heterocycles. The zero-order chi connectivity index (χ0) is 19.6. The van der Waals surface area contributed by atoms with Gasteiger partial charge in [-0.1, -0.05) is 40.9 Å². The number of hydrazine groups is 1. The monoisotopic (exact) mass is 405 g/mol. The van der Waals surface area contributed by atoms with Crippen molar-refractivity contribution >= 4 is 46.6 Å². The van der Waals surface area contributed by atoms with Gasteiger partial charge in [0.15, 0.2) is 0 Å². The molecule has 2 aromatic rings. The van der Waals surface area contributed by atoms with Crippen LogP contribution in [-0.2, 0) is 9.59 Å². The van der Waals surface area contributed by atoms with E-state index in [0.717, 1.165) is 11.3 Å². The lowest BCUT2D eigenvalue weighted by Crippen LogP contribution is -2.45. The van der Waals surface area contributed by atoms with Crippen LogP contribution in [0.2, 0.25) is 10.0 Å². The molecular formula is C19H17Cl2N3O3. The normalized spacial score (nSPS) is 16.3. The molecule has 3 rings (SSSR count). The minimum absolute atomic E-state index is 0.0857. The summed E-state index contributed by atoms with van der Waals surface area (Å²) in [5.41, 5.74) is 6.79. The fourth-order valence-electron chi connectivity index (χ4n) is 2.79. The van der Waals surface area contributed by atoms with Crippen LogP contribution in [-0.4, -0.2) is 24.3 Å². The molecule has 1 aliphatic rings. The number of halogens is 2. The maximum absolute atomic E-state index is 12.3. The van der Waals surface area contributed by atoms with Crippen LogP contribution in [0.4, 0.5) is 5.69 Å². The van der Waals surface area contributed by atoms with E-state index in [1.54, 1.807) is 4.90 Å². The average molecular weight is 406 g/mol. The number of aryl methyl sites for hydroxylation is 1. The summed E-state index contributed by atoms with van der Waals surface area (Å²) in [7, 11) is 0. The molecule has 0 spiro atoms. The highest BCUT2D eigenvalue weighted by atomic mass is 35.5. The number of anilines is 1. The molecule has 2 N–H and O–H groups in total. The Morgan fingerprint density at radius 3 is 2.41 bits per heavy atom. The van der Waals surface area contributed by atoms with Crippen LogP contribution in [0.1, 0.15) is 22.3 Å². The number of rotatable bonds is 3. The molecule has 1 fully saturated rings. The van der Waals surface area contributed by atoms with Crippen molar-refractivity contribution in [3.8, 4) is 0 Å². The number of carbonyl (C=O) groups is 3. The Kier molecular flexibility index (Phi) is 5.68. The van der Waals surface area contributed by atoms with Crippen LogP contribution in [0.3, 0.4) is 0 Å². The Balaban J connectivity index is 1.58. The van der Waals surface area contributed by atoms with Gasteiger partial charge in [0, 0.05) is 24.2 Å². The summed E-state index contributed by atoms with van der Waals surface area (Å²) in [5, 5.41) is 0.573. The van der Waals surface area contributed by atoms with Crippen molar-refractivity contribution in [3.05, 3.63) is 63.6 Å². The largest absolute Gasteiger partial charge is 0.312 e. The lowest BCUT2D eigenvalue weighted by molar-refractivity contribution is -0.126. The Hall–Kier alpha value is -2.57. The summed E-state index contributed by atoms with van der Waals surface area (Å²) in [6.07, 6.45) is 0.0857. The van der Waals surface area contributed by atoms with Crippen molar-refractivity contribution in [2.75, 3.05) is 11.4 Å². The highest BCUT2D eigenvalue weighted by Crippen LogP contribution is 2.25. The Morgan fingerprint density at radius 1 is 1.04 bits per heavy atom. The first-order chi connectivity index (χ1) is 12.8. The van der Waals surface area contributed by atoms with Crippen LogP contribution in [0, 0.1) is 12.8 Å². The van der Waals surface area contributed by atoms with Gasteiger partial charge in [0.05, 0.1) is 16.0 Å². The van der Waals surface area contributed by atoms with Crippen LogP contribution in [0.15, 0.2) is 42.5 Å². The smallest absolute Gasteiger partial charge is 0.269 e. The second-order valence-electron chi connectivity index (χ2n) is 6.31. The van der Waals surface area contributed by atoms with Gasteiger partial charge in [-0.2, -0.15) is 0 Å². The number of benzene rings is 2. The summed E-state index contributed by atoms with van der Waals surface area (Å²) in [6, 6.07) is 11.9. The molecular weight excluding hydrogens is 389 g/mol. The topological polar surface area (TPSA) is 78.5 Å². The SMILES string of the molecule is Cc1ccc(N2C[C@H](C(=O)NNC(=O)c3ccc(Cl)c(Cl)c3)CC2=O)cc1. The first-order valence-electron chi connectivity index (χ1n) is 8.27. The summed E-state index contributed by atoms with van der Waals surface area (Å²) in [4.78, 5) is 38.2. The zero-order valence-electron chi connectivity index (χ0n) is 14.5. The third-order valence-corrected chi connectivity index (χ3v) is 5.06. The average Bonchev–Trinajstić information content (AvgIpc) is 3.04. The van der Waals surface area contributed by atoms with E-state index < -0.39 is 17.7 Å². The first kappa shape index (κ1) is 19.2. The van der Waals surface area contributed by atoms with Crippen molar-refractivity contribution in [2.45, 2.75) is 13.3 Å². The van der Waals surface area contributed by atoms with Crippen LogP contribution in [0.25, 0.3) is 0 Å². The third kappa shape index (κ3) is 4.40. The summed E-state index contributed by atoms with van der Waals surface area (Å²) >= 11 is 11.7. The maximum Gasteiger partial charge on any atom is 0.269 e. The van der Waals surface area contributed by atoms with Crippen molar-refractivity contribution in [3.63, 3.8) is 0 Å². The van der Waals surface area contributed by atoms with Crippen LogP contribution < -0.4 is 15.8 Å². The van der Waals surface area contributed by atoms with E-state index in [4.69, 9.17) is 23.2 Å². The third-order valence-electron chi connectivity index (χ3n) is 4.32. The highest BCUT2D eigenvalue weighted by Gasteiger charge is 2.35. The van der Waals surface area contributed by atoms with E-state index in [-0.39, 0.29) is 29.5 Å². The molecule has 27 heavy (non-hydrogen) atoms. The first-order valence-corrected chi connectivity index (χ1v) is 9.03. The summed E-state index contributed by atoms with van der Waals surface area (Å²) in [5.74, 6) is -1.63. The van der Waals surface area contributed by atoms with Gasteiger partial charge in [-0.15, -0.1) is 0 Å². The quantitative estimate of drug-likeness (QED) is 0.769. The minimum Gasteiger partial charge on any atom is -0.312 e. The Morgan fingerprint density at radius 2 is 1.74 bits per heavy atom. The van der Waals surface area contributed by atoms with Gasteiger partial charge in [-0.3, -0.25) is 25.2 Å². The molecule has 0 saturated carbocycles. The number of hydrogen-bond donors (Lipinski definition) is 2. The van der Waals surface area contributed by atoms with Gasteiger partial charge >= 0.3 is 0 Å². The number of amides is 3. The fourth-order valence-corrected chi connectivity index (χ4v) is 3.09. The van der Waals surface area contributed by atoms with E-state index in [1.165, 1.54) is 18.2 Å². The van der Waals surface area contributed by atoms with Crippen molar-refractivity contribution in [2.24, 2.45) is 5.92 Å². The number of nitrogens with zero attached hydrogens (tertiary/aromatic N) is 1. The van der Waals surface area contributed by atoms with Crippen LogP contribution >= 0.6 is 23.2 Å². The Bertz CT molecular complexity index is 900. The van der Waals surface area contributed by atoms with Gasteiger partial charge < -0.3 is 4.90 Å². The number of carbonyl (C=O) groups excluding carboxylic acids is 3. The maximum atomic E-state index is 12.3. The predicted molar refractivity (Wildman–Crippen MR) is 104 cm³/mol. The minimum atomic E-state index is -0.548. The summed E-state index contributed by atoms with van der Waals surface area (Å²) < 4.78 is 0. The Labute approximate surface area is 166 Å². The van der Waals surface area contributed by atoms with E-state index in [9.17, 15) is 14.4 Å². The molecule has 1 heterocycles. The van der Waals surface area contributed by atoms with Gasteiger partial charge in [0.1, 0.15) is 0 Å². The lowest BCUT2D eigenvalue weighted by atomic mass is 10.1. The predicted octanol–water partition coefficient (Wildman–Crippen LogP) is 3.12. The fraction of sp³-hybridized carbons (Fsp3) is 0.211. The van der Waals surface area contributed by atoms with Gasteiger partial charge in [-0.05, 0) is 37.3 Å². The van der Waals surface area contributed by atoms with Crippen molar-refractivity contribution in [1.29, 1.82) is 0 Å². The van der Waals surface area contributed by atoms with Gasteiger partial charge in [0.2, 0.25) is 11.8 Å². The molecule has 0 aliphatic carbocycles. The lowest BCUT2D eigenvalue weighted by Gasteiger charge is -2.17. The number of nitrogens with one attached hydrogen (secondary N) is 2. The highest BCUT2D eigenvalue weighted by molar-refractivity contribution is 6.42. The van der Waals surface area contributed by atoms with Gasteiger partial charge in [-0.25, -0.2) is 0 Å². The van der Waals surface area contributed by atoms with E-state index in [1.807, 2.05) is 31.2 Å². The molecule has 0 unspecified atom stereocenters. The molecule has 1 atom stereocenters. The molecule has 3 amide bonds. The van der Waals surface area contributed by atoms with E-state index >= 15 is 0 Å². The van der Waals surface area contributed by atoms with Gasteiger partial charge in [0.25, 0.3) is 5.91 Å². The molecule has 0 radical (unpaired) electrons. The molecule has 6 nitrogen and oxygen atoms in total. The van der Waals surface area contributed by atoms with Crippen molar-refractivity contribution in [1.82, 2.24) is 10.9 Å². The summed E-state index contributed by atoms with van der Waals surface area (Å²) in [6.45, 7) is 2.22. The molecule has 1 aliphatic heterocycles. The molecule has 0 bridgehead atoms. The van der Waals surface area contributed by atoms with E-state index in [0.29, 0.717) is 5.02 Å². The number of hydrogen-bond acceptors (Lipinski definition) is 3.